The minimum atomic E-state index is -0.863. The molecule has 0 aromatic heterocycles. The van der Waals surface area contributed by atoms with E-state index in [0.29, 0.717) is 37.6 Å². The molecule has 2 fully saturated rings. The Morgan fingerprint density at radius 1 is 0.750 bits per heavy atom. The van der Waals surface area contributed by atoms with Crippen LogP contribution in [0.5, 0.6) is 0 Å². The Morgan fingerprint density at radius 2 is 1.19 bits per heavy atom. The second-order valence-corrected chi connectivity index (χ2v) is 8.49. The van der Waals surface area contributed by atoms with Gasteiger partial charge < -0.3 is 20.4 Å². The molecule has 2 aliphatic heterocycles. The van der Waals surface area contributed by atoms with Crippen molar-refractivity contribution in [1.29, 1.82) is 0 Å². The van der Waals surface area contributed by atoms with Crippen molar-refractivity contribution in [2.24, 2.45) is 11.8 Å². The molecule has 2 aliphatic rings. The lowest BCUT2D eigenvalue weighted by atomic mass is 10.1. The molecule has 2 saturated heterocycles. The normalized spacial score (nSPS) is 20.6. The van der Waals surface area contributed by atoms with Crippen LogP contribution in [0, 0.1) is 35.1 Å². The zero-order valence-electron chi connectivity index (χ0n) is 17.6. The lowest BCUT2D eigenvalue weighted by Crippen LogP contribution is -2.41. The fraction of sp³-hybridized carbons (Fsp3) is 0.435. The van der Waals surface area contributed by atoms with Gasteiger partial charge in [-0.2, -0.15) is 0 Å². The van der Waals surface area contributed by atoms with Gasteiger partial charge in [0.05, 0.1) is 0 Å². The van der Waals surface area contributed by atoms with E-state index in [2.05, 4.69) is 10.6 Å². The lowest BCUT2D eigenvalue weighted by Gasteiger charge is -2.20. The van der Waals surface area contributed by atoms with E-state index >= 15 is 0 Å². The van der Waals surface area contributed by atoms with Crippen LogP contribution in [0.3, 0.4) is 0 Å². The zero-order valence-corrected chi connectivity index (χ0v) is 17.6. The Balaban J connectivity index is 1.17. The molecular formula is C23H26F4N4O. The maximum atomic E-state index is 13.4. The summed E-state index contributed by atoms with van der Waals surface area (Å²) in [4.78, 5) is 16.2. The van der Waals surface area contributed by atoms with Gasteiger partial charge in [0.15, 0.2) is 23.3 Å². The molecule has 172 valence electrons. The summed E-state index contributed by atoms with van der Waals surface area (Å²) >= 11 is 0. The largest absolute Gasteiger partial charge is 0.371 e. The number of benzene rings is 2. The van der Waals surface area contributed by atoms with Gasteiger partial charge in [0.1, 0.15) is 0 Å². The summed E-state index contributed by atoms with van der Waals surface area (Å²) in [6, 6.07) is 7.52. The average molecular weight is 450 g/mol. The van der Waals surface area contributed by atoms with E-state index < -0.39 is 23.3 Å². The number of anilines is 2. The van der Waals surface area contributed by atoms with Gasteiger partial charge in [-0.3, -0.25) is 0 Å². The number of nitrogens with zero attached hydrogens (tertiary/aromatic N) is 2. The highest BCUT2D eigenvalue weighted by molar-refractivity contribution is 5.73. The number of nitrogens with one attached hydrogen (secondary N) is 2. The molecule has 2 atom stereocenters. The second-order valence-electron chi connectivity index (χ2n) is 8.49. The predicted octanol–water partition coefficient (Wildman–Crippen LogP) is 3.90. The summed E-state index contributed by atoms with van der Waals surface area (Å²) < 4.78 is 53.1. The number of halogens is 4. The van der Waals surface area contributed by atoms with E-state index in [1.165, 1.54) is 12.1 Å². The molecule has 0 spiro atoms. The molecule has 2 aromatic carbocycles. The number of urea groups is 1. The third-order valence-electron chi connectivity index (χ3n) is 6.21. The third kappa shape index (κ3) is 5.26. The second kappa shape index (κ2) is 9.67. The highest BCUT2D eigenvalue weighted by Gasteiger charge is 2.25. The molecule has 32 heavy (non-hydrogen) atoms. The lowest BCUT2D eigenvalue weighted by molar-refractivity contribution is 0.237. The molecule has 2 N–H and O–H groups in total. The summed E-state index contributed by atoms with van der Waals surface area (Å²) in [6.45, 7) is 3.77. The first-order chi connectivity index (χ1) is 15.4. The Kier molecular flexibility index (Phi) is 6.72. The molecule has 0 bridgehead atoms. The van der Waals surface area contributed by atoms with Crippen molar-refractivity contribution in [3.05, 3.63) is 59.7 Å². The van der Waals surface area contributed by atoms with Crippen LogP contribution in [0.2, 0.25) is 0 Å². The Bertz CT molecular complexity index is 898. The molecular weight excluding hydrogens is 424 g/mol. The number of amides is 2. The van der Waals surface area contributed by atoms with Crippen LogP contribution >= 0.6 is 0 Å². The van der Waals surface area contributed by atoms with Gasteiger partial charge in [-0.05, 0) is 48.9 Å². The molecule has 0 saturated carbocycles. The van der Waals surface area contributed by atoms with Crippen LogP contribution in [-0.4, -0.2) is 45.3 Å². The van der Waals surface area contributed by atoms with Crippen molar-refractivity contribution in [2.45, 2.75) is 12.8 Å². The molecule has 5 nitrogen and oxygen atoms in total. The van der Waals surface area contributed by atoms with Crippen molar-refractivity contribution < 1.29 is 22.4 Å². The smallest absolute Gasteiger partial charge is 0.314 e. The van der Waals surface area contributed by atoms with Crippen LogP contribution in [0.15, 0.2) is 36.4 Å². The minimum absolute atomic E-state index is 0.226. The van der Waals surface area contributed by atoms with E-state index in [4.69, 9.17) is 0 Å². The monoisotopic (exact) mass is 450 g/mol. The van der Waals surface area contributed by atoms with Crippen molar-refractivity contribution in [2.75, 3.05) is 49.1 Å². The average Bonchev–Trinajstić information content (AvgIpc) is 3.44. The van der Waals surface area contributed by atoms with Gasteiger partial charge >= 0.3 is 6.03 Å². The van der Waals surface area contributed by atoms with E-state index in [9.17, 15) is 22.4 Å². The fourth-order valence-electron chi connectivity index (χ4n) is 4.37. The maximum Gasteiger partial charge on any atom is 0.314 e. The van der Waals surface area contributed by atoms with Gasteiger partial charge in [0, 0.05) is 62.8 Å². The molecule has 2 aromatic rings. The number of rotatable bonds is 6. The predicted molar refractivity (Wildman–Crippen MR) is 115 cm³/mol. The van der Waals surface area contributed by atoms with Crippen molar-refractivity contribution in [3.8, 4) is 0 Å². The van der Waals surface area contributed by atoms with Crippen molar-refractivity contribution in [3.63, 3.8) is 0 Å². The van der Waals surface area contributed by atoms with Gasteiger partial charge in [0.2, 0.25) is 0 Å². The van der Waals surface area contributed by atoms with Gasteiger partial charge in [-0.15, -0.1) is 0 Å². The van der Waals surface area contributed by atoms with Gasteiger partial charge in [0.25, 0.3) is 0 Å². The molecule has 0 aliphatic carbocycles. The molecule has 2 unspecified atom stereocenters. The van der Waals surface area contributed by atoms with Crippen molar-refractivity contribution >= 4 is 17.4 Å². The van der Waals surface area contributed by atoms with Crippen molar-refractivity contribution in [1.82, 2.24) is 10.6 Å². The summed E-state index contributed by atoms with van der Waals surface area (Å²) in [5, 5.41) is 5.76. The van der Waals surface area contributed by atoms with Crippen LogP contribution in [0.1, 0.15) is 12.8 Å². The first-order valence-corrected chi connectivity index (χ1v) is 10.8. The van der Waals surface area contributed by atoms with E-state index in [1.807, 2.05) is 9.80 Å². The molecule has 2 amide bonds. The summed E-state index contributed by atoms with van der Waals surface area (Å²) in [6.07, 6.45) is 1.70. The highest BCUT2D eigenvalue weighted by atomic mass is 19.2. The number of hydrogen-bond donors (Lipinski definition) is 2. The number of carbonyl (C=O) groups excluding carboxylic acids is 1. The molecule has 4 rings (SSSR count). The summed E-state index contributed by atoms with van der Waals surface area (Å²) in [7, 11) is 0. The number of hydrogen-bond acceptors (Lipinski definition) is 3. The first kappa shape index (κ1) is 22.2. The molecule has 9 heteroatoms. The fourth-order valence-corrected chi connectivity index (χ4v) is 4.37. The quantitative estimate of drug-likeness (QED) is 0.657. The Labute approximate surface area is 184 Å². The first-order valence-electron chi connectivity index (χ1n) is 10.8. The van der Waals surface area contributed by atoms with Crippen LogP contribution in [0.4, 0.5) is 33.7 Å². The molecule has 2 heterocycles. The van der Waals surface area contributed by atoms with E-state index in [-0.39, 0.29) is 17.9 Å². The summed E-state index contributed by atoms with van der Waals surface area (Å²) in [5.41, 5.74) is 1.28. The highest BCUT2D eigenvalue weighted by Crippen LogP contribution is 2.26. The van der Waals surface area contributed by atoms with Crippen LogP contribution in [0.25, 0.3) is 0 Å². The Morgan fingerprint density at radius 3 is 1.59 bits per heavy atom. The standard InChI is InChI=1S/C23H26F4N4O/c24-19-3-1-17(9-21(19)26)30-7-5-15(13-30)11-28-23(32)29-12-16-6-8-31(14-16)18-2-4-20(25)22(27)10-18/h1-4,9-10,15-16H,5-8,11-14H2,(H2,28,29,32). The Hall–Kier alpha value is -2.97. The number of carbonyl (C=O) groups is 1. The van der Waals surface area contributed by atoms with Crippen LogP contribution < -0.4 is 20.4 Å². The SMILES string of the molecule is O=C(NCC1CCN(c2ccc(F)c(F)c2)C1)NCC1CCN(c2ccc(F)c(F)c2)C1. The zero-order chi connectivity index (χ0) is 22.7. The maximum absolute atomic E-state index is 13.4. The van der Waals surface area contributed by atoms with Gasteiger partial charge in [-0.25, -0.2) is 22.4 Å². The molecule has 0 radical (unpaired) electrons. The van der Waals surface area contributed by atoms with Crippen LogP contribution in [-0.2, 0) is 0 Å². The minimum Gasteiger partial charge on any atom is -0.371 e. The summed E-state index contributed by atoms with van der Waals surface area (Å²) in [5.74, 6) is -3.00. The topological polar surface area (TPSA) is 47.6 Å². The third-order valence-corrected chi connectivity index (χ3v) is 6.21. The van der Waals surface area contributed by atoms with Gasteiger partial charge in [-0.1, -0.05) is 0 Å². The van der Waals surface area contributed by atoms with E-state index in [1.54, 1.807) is 12.1 Å². The van der Waals surface area contributed by atoms with E-state index in [0.717, 1.165) is 38.1 Å².